The molecule has 1 atom stereocenters. The number of hydrogen-bond acceptors (Lipinski definition) is 2. The van der Waals surface area contributed by atoms with E-state index in [1.807, 2.05) is 0 Å². The highest BCUT2D eigenvalue weighted by atomic mass is 19.4. The van der Waals surface area contributed by atoms with Crippen LogP contribution in [0.5, 0.6) is 0 Å². The summed E-state index contributed by atoms with van der Waals surface area (Å²) in [6.07, 6.45) is -5.01. The first-order valence-corrected chi connectivity index (χ1v) is 4.70. The summed E-state index contributed by atoms with van der Waals surface area (Å²) >= 11 is 0. The largest absolute Gasteiger partial charge is 0.416 e. The van der Waals surface area contributed by atoms with E-state index in [1.165, 1.54) is 0 Å². The molecule has 0 amide bonds. The van der Waals surface area contributed by atoms with Crippen molar-refractivity contribution in [2.24, 2.45) is 5.73 Å². The minimum absolute atomic E-state index is 0.0860. The summed E-state index contributed by atoms with van der Waals surface area (Å²) in [5.41, 5.74) is 2.45. The van der Waals surface area contributed by atoms with Gasteiger partial charge in [0, 0.05) is 0 Å². The van der Waals surface area contributed by atoms with E-state index in [-0.39, 0.29) is 6.07 Å². The van der Waals surface area contributed by atoms with Crippen molar-refractivity contribution in [1.29, 1.82) is 0 Å². The predicted molar refractivity (Wildman–Crippen MR) is 50.4 cm³/mol. The van der Waals surface area contributed by atoms with Gasteiger partial charge in [0.1, 0.15) is 12.4 Å². The van der Waals surface area contributed by atoms with Crippen molar-refractivity contribution in [3.63, 3.8) is 0 Å². The highest BCUT2D eigenvalue weighted by Crippen LogP contribution is 2.38. The van der Waals surface area contributed by atoms with Crippen LogP contribution in [0.1, 0.15) is 17.2 Å². The lowest BCUT2D eigenvalue weighted by molar-refractivity contribution is -0.140. The summed E-state index contributed by atoms with van der Waals surface area (Å²) in [5.74, 6) is -5.15. The van der Waals surface area contributed by atoms with Crippen LogP contribution in [0, 0.1) is 5.82 Å². The van der Waals surface area contributed by atoms with Crippen LogP contribution >= 0.6 is 0 Å². The minimum atomic E-state index is -5.01. The van der Waals surface area contributed by atoms with Crippen molar-refractivity contribution < 1.29 is 31.4 Å². The van der Waals surface area contributed by atoms with E-state index < -0.39 is 41.7 Å². The third-order valence-electron chi connectivity index (χ3n) is 2.32. The average Bonchev–Trinajstić information content (AvgIpc) is 2.27. The minimum Gasteiger partial charge on any atom is -0.390 e. The SMILES string of the molecule is N[C@H](c1ccc(F)cc1C(F)(F)F)C(F)(F)CO. The van der Waals surface area contributed by atoms with Gasteiger partial charge in [-0.3, -0.25) is 0 Å². The molecule has 102 valence electrons. The van der Waals surface area contributed by atoms with Crippen molar-refractivity contribution in [2.45, 2.75) is 18.1 Å². The standard InChI is InChI=1S/C10H9F6NO/c11-5-1-2-6(7(3-5)10(14,15)16)8(17)9(12,13)4-18/h1-3,8,18H,4,17H2/t8-/m1/s1. The predicted octanol–water partition coefficient (Wildman–Crippen LogP) is 2.47. The Bertz CT molecular complexity index is 431. The Hall–Kier alpha value is -1.28. The summed E-state index contributed by atoms with van der Waals surface area (Å²) in [6.45, 7) is -1.71. The lowest BCUT2D eigenvalue weighted by Crippen LogP contribution is -2.37. The molecule has 0 saturated heterocycles. The maximum atomic E-state index is 13.1. The molecule has 0 aliphatic carbocycles. The van der Waals surface area contributed by atoms with Gasteiger partial charge in [0.05, 0.1) is 11.6 Å². The first-order chi connectivity index (χ1) is 8.09. The second-order valence-corrected chi connectivity index (χ2v) is 3.63. The molecule has 1 aromatic carbocycles. The number of alkyl halides is 5. The molecule has 0 spiro atoms. The van der Waals surface area contributed by atoms with Crippen LogP contribution in [0.15, 0.2) is 18.2 Å². The Morgan fingerprint density at radius 2 is 1.72 bits per heavy atom. The maximum Gasteiger partial charge on any atom is 0.416 e. The Morgan fingerprint density at radius 1 is 1.17 bits per heavy atom. The van der Waals surface area contributed by atoms with E-state index in [0.29, 0.717) is 12.1 Å². The topological polar surface area (TPSA) is 46.2 Å². The number of aliphatic hydroxyl groups excluding tert-OH is 1. The normalized spacial score (nSPS) is 14.7. The number of aliphatic hydroxyl groups is 1. The van der Waals surface area contributed by atoms with Crippen molar-refractivity contribution in [1.82, 2.24) is 0 Å². The van der Waals surface area contributed by atoms with Gasteiger partial charge < -0.3 is 10.8 Å². The quantitative estimate of drug-likeness (QED) is 0.831. The van der Waals surface area contributed by atoms with Crippen LogP contribution in [0.2, 0.25) is 0 Å². The van der Waals surface area contributed by atoms with E-state index in [1.54, 1.807) is 0 Å². The zero-order chi connectivity index (χ0) is 14.1. The van der Waals surface area contributed by atoms with E-state index in [0.717, 1.165) is 0 Å². The van der Waals surface area contributed by atoms with Gasteiger partial charge >= 0.3 is 6.18 Å². The van der Waals surface area contributed by atoms with Gasteiger partial charge in [-0.25, -0.2) is 13.2 Å². The first-order valence-electron chi connectivity index (χ1n) is 4.70. The molecule has 0 aromatic heterocycles. The lowest BCUT2D eigenvalue weighted by atomic mass is 9.96. The monoisotopic (exact) mass is 273 g/mol. The van der Waals surface area contributed by atoms with Gasteiger partial charge in [-0.15, -0.1) is 0 Å². The molecule has 0 unspecified atom stereocenters. The number of benzene rings is 1. The van der Waals surface area contributed by atoms with Crippen molar-refractivity contribution in [3.8, 4) is 0 Å². The zero-order valence-electron chi connectivity index (χ0n) is 8.81. The fraction of sp³-hybridized carbons (Fsp3) is 0.400. The third kappa shape index (κ3) is 2.94. The molecule has 1 aromatic rings. The molecule has 18 heavy (non-hydrogen) atoms. The smallest absolute Gasteiger partial charge is 0.390 e. The van der Waals surface area contributed by atoms with Crippen molar-refractivity contribution in [2.75, 3.05) is 6.61 Å². The van der Waals surface area contributed by atoms with E-state index in [4.69, 9.17) is 10.8 Å². The Labute approximate surface area is 98.0 Å². The van der Waals surface area contributed by atoms with Crippen LogP contribution in [0.3, 0.4) is 0 Å². The number of halogens is 6. The fourth-order valence-electron chi connectivity index (χ4n) is 1.37. The summed E-state index contributed by atoms with van der Waals surface area (Å²) < 4.78 is 76.5. The molecule has 1 rings (SSSR count). The second-order valence-electron chi connectivity index (χ2n) is 3.63. The average molecular weight is 273 g/mol. The Kier molecular flexibility index (Phi) is 3.92. The molecular weight excluding hydrogens is 264 g/mol. The summed E-state index contributed by atoms with van der Waals surface area (Å²) in [5, 5.41) is 8.39. The van der Waals surface area contributed by atoms with Crippen LogP contribution in [-0.2, 0) is 6.18 Å². The molecule has 0 saturated carbocycles. The van der Waals surface area contributed by atoms with Crippen LogP contribution in [0.25, 0.3) is 0 Å². The molecule has 8 heteroatoms. The molecule has 0 heterocycles. The molecule has 0 bridgehead atoms. The van der Waals surface area contributed by atoms with Gasteiger partial charge in [-0.1, -0.05) is 6.07 Å². The molecule has 2 nitrogen and oxygen atoms in total. The molecule has 0 aliphatic heterocycles. The molecule has 0 radical (unpaired) electrons. The van der Waals surface area contributed by atoms with Gasteiger partial charge in [0.2, 0.25) is 0 Å². The van der Waals surface area contributed by atoms with E-state index in [2.05, 4.69) is 0 Å². The van der Waals surface area contributed by atoms with Gasteiger partial charge in [0.25, 0.3) is 5.92 Å². The lowest BCUT2D eigenvalue weighted by Gasteiger charge is -2.24. The zero-order valence-corrected chi connectivity index (χ0v) is 8.81. The summed E-state index contributed by atoms with van der Waals surface area (Å²) in [6, 6.07) is -1.16. The first kappa shape index (κ1) is 14.8. The van der Waals surface area contributed by atoms with Crippen LogP contribution in [-0.4, -0.2) is 17.6 Å². The number of hydrogen-bond donors (Lipinski definition) is 2. The van der Waals surface area contributed by atoms with Gasteiger partial charge in [-0.2, -0.15) is 13.2 Å². The fourth-order valence-corrected chi connectivity index (χ4v) is 1.37. The second kappa shape index (κ2) is 4.77. The summed E-state index contributed by atoms with van der Waals surface area (Å²) in [7, 11) is 0. The van der Waals surface area contributed by atoms with Gasteiger partial charge in [0.15, 0.2) is 0 Å². The third-order valence-corrected chi connectivity index (χ3v) is 2.32. The summed E-state index contributed by atoms with van der Waals surface area (Å²) in [4.78, 5) is 0. The number of nitrogens with two attached hydrogens (primary N) is 1. The molecular formula is C10H9F6NO. The maximum absolute atomic E-state index is 13.1. The Balaban J connectivity index is 3.33. The van der Waals surface area contributed by atoms with E-state index >= 15 is 0 Å². The highest BCUT2D eigenvalue weighted by Gasteiger charge is 2.43. The van der Waals surface area contributed by atoms with Gasteiger partial charge in [-0.05, 0) is 17.7 Å². The number of rotatable bonds is 3. The molecule has 0 aliphatic rings. The Morgan fingerprint density at radius 3 is 2.17 bits per heavy atom. The van der Waals surface area contributed by atoms with E-state index in [9.17, 15) is 26.3 Å². The molecule has 3 N–H and O–H groups in total. The van der Waals surface area contributed by atoms with Crippen LogP contribution < -0.4 is 5.73 Å². The highest BCUT2D eigenvalue weighted by molar-refractivity contribution is 5.34. The van der Waals surface area contributed by atoms with Crippen LogP contribution in [0.4, 0.5) is 26.3 Å². The van der Waals surface area contributed by atoms with Crippen molar-refractivity contribution >= 4 is 0 Å². The molecule has 0 fully saturated rings. The van der Waals surface area contributed by atoms with Crippen molar-refractivity contribution in [3.05, 3.63) is 35.1 Å².